The van der Waals surface area contributed by atoms with E-state index in [9.17, 15) is 4.79 Å². The summed E-state index contributed by atoms with van der Waals surface area (Å²) in [5.74, 6) is 0.0213. The van der Waals surface area contributed by atoms with Gasteiger partial charge in [-0.3, -0.25) is 4.79 Å². The molecule has 0 saturated carbocycles. The van der Waals surface area contributed by atoms with Gasteiger partial charge in [0.2, 0.25) is 5.91 Å². The second-order valence-corrected chi connectivity index (χ2v) is 7.30. The van der Waals surface area contributed by atoms with Gasteiger partial charge in [-0.1, -0.05) is 0 Å². The number of β-lactam (4-membered cyclic amide) rings is 1. The zero-order valence-corrected chi connectivity index (χ0v) is 13.7. The number of nitrogens with zero attached hydrogens (tertiary/aromatic N) is 1. The maximum absolute atomic E-state index is 11.5. The lowest BCUT2D eigenvalue weighted by Gasteiger charge is -2.31. The topological polar surface area (TPSA) is 66.5 Å². The molecule has 0 unspecified atom stereocenters. The molecule has 0 aromatic carbocycles. The minimum Gasteiger partial charge on any atom is -0.362 e. The van der Waals surface area contributed by atoms with Crippen LogP contribution in [-0.2, 0) is 28.5 Å². The molecule has 4 saturated heterocycles. The van der Waals surface area contributed by atoms with Gasteiger partial charge in [0.1, 0.15) is 30.6 Å². The first-order valence-corrected chi connectivity index (χ1v) is 8.94. The van der Waals surface area contributed by atoms with Crippen molar-refractivity contribution in [3.05, 3.63) is 0 Å². The summed E-state index contributed by atoms with van der Waals surface area (Å²) in [6.07, 6.45) is 0.917. The normalized spacial score (nSPS) is 45.8. The van der Waals surface area contributed by atoms with Gasteiger partial charge in [-0.25, -0.2) is 0 Å². The van der Waals surface area contributed by atoms with E-state index in [-0.39, 0.29) is 36.6 Å². The Morgan fingerprint density at radius 1 is 1.32 bits per heavy atom. The number of hydrogen-bond acceptors (Lipinski definition) is 7. The molecule has 0 N–H and O–H groups in total. The molecule has 6 atom stereocenters. The fourth-order valence-corrected chi connectivity index (χ4v) is 3.82. The Kier molecular flexibility index (Phi) is 3.67. The third kappa shape index (κ3) is 2.37. The van der Waals surface area contributed by atoms with Crippen LogP contribution in [0, 0.1) is 0 Å². The van der Waals surface area contributed by atoms with E-state index in [2.05, 4.69) is 0 Å². The van der Waals surface area contributed by atoms with E-state index in [1.54, 1.807) is 16.7 Å². The fraction of sp³-hybridized carbons (Fsp3) is 0.929. The third-order valence-electron chi connectivity index (χ3n) is 4.50. The summed E-state index contributed by atoms with van der Waals surface area (Å²) in [5, 5.41) is 0. The van der Waals surface area contributed by atoms with Crippen LogP contribution in [0.5, 0.6) is 0 Å². The molecule has 0 aromatic rings. The van der Waals surface area contributed by atoms with Crippen LogP contribution in [-0.4, -0.2) is 72.3 Å². The second-order valence-electron chi connectivity index (χ2n) is 6.49. The Hall–Kier alpha value is -0.380. The van der Waals surface area contributed by atoms with Crippen molar-refractivity contribution in [1.29, 1.82) is 0 Å². The van der Waals surface area contributed by atoms with E-state index in [0.29, 0.717) is 18.9 Å². The fourth-order valence-electron chi connectivity index (χ4n) is 3.53. The molecule has 0 aliphatic carbocycles. The van der Waals surface area contributed by atoms with E-state index >= 15 is 0 Å². The van der Waals surface area contributed by atoms with Crippen LogP contribution in [0.2, 0.25) is 0 Å². The Labute approximate surface area is 133 Å². The smallest absolute Gasteiger partial charge is 0.229 e. The van der Waals surface area contributed by atoms with Gasteiger partial charge >= 0.3 is 0 Å². The van der Waals surface area contributed by atoms with Crippen molar-refractivity contribution in [3.8, 4) is 0 Å². The molecule has 0 spiro atoms. The summed E-state index contributed by atoms with van der Waals surface area (Å²) in [6, 6.07) is 0. The van der Waals surface area contributed by atoms with Crippen molar-refractivity contribution in [2.75, 3.05) is 18.7 Å². The minimum absolute atomic E-state index is 0.0963. The summed E-state index contributed by atoms with van der Waals surface area (Å²) >= 11 is 1.60. The maximum Gasteiger partial charge on any atom is 0.229 e. The van der Waals surface area contributed by atoms with Crippen molar-refractivity contribution in [2.24, 2.45) is 0 Å². The molecule has 4 aliphatic rings. The van der Waals surface area contributed by atoms with Gasteiger partial charge in [0.25, 0.3) is 0 Å². The molecule has 4 heterocycles. The zero-order valence-electron chi connectivity index (χ0n) is 12.9. The van der Waals surface area contributed by atoms with Gasteiger partial charge in [-0.05, 0) is 20.1 Å². The lowest BCUT2D eigenvalue weighted by Crippen LogP contribution is -2.49. The average Bonchev–Trinajstić information content (AvgIpc) is 3.04. The average molecular weight is 331 g/mol. The van der Waals surface area contributed by atoms with Crippen LogP contribution in [0.15, 0.2) is 0 Å². The van der Waals surface area contributed by atoms with Gasteiger partial charge < -0.3 is 28.6 Å². The first kappa shape index (κ1) is 15.2. The van der Waals surface area contributed by atoms with Gasteiger partial charge in [0, 0.05) is 0 Å². The lowest BCUT2D eigenvalue weighted by molar-refractivity contribution is -0.230. The van der Waals surface area contributed by atoms with Crippen LogP contribution in [0.1, 0.15) is 20.3 Å². The van der Waals surface area contributed by atoms with Gasteiger partial charge in [0.15, 0.2) is 12.1 Å². The highest BCUT2D eigenvalue weighted by molar-refractivity contribution is 7.98. The predicted octanol–water partition coefficient (Wildman–Crippen LogP) is 0.526. The molecule has 0 aromatic heterocycles. The van der Waals surface area contributed by atoms with Crippen molar-refractivity contribution >= 4 is 17.7 Å². The molecule has 8 heteroatoms. The summed E-state index contributed by atoms with van der Waals surface area (Å²) in [5.41, 5.74) is 0. The first-order valence-electron chi connectivity index (χ1n) is 7.55. The predicted molar refractivity (Wildman–Crippen MR) is 76.9 cm³/mol. The second kappa shape index (κ2) is 5.32. The van der Waals surface area contributed by atoms with Crippen molar-refractivity contribution in [1.82, 2.24) is 4.90 Å². The summed E-state index contributed by atoms with van der Waals surface area (Å²) in [4.78, 5) is 13.3. The van der Waals surface area contributed by atoms with Gasteiger partial charge in [-0.2, -0.15) is 0 Å². The number of hydrogen-bond donors (Lipinski definition) is 0. The number of fused-ring (bicyclic) bond motifs is 2. The van der Waals surface area contributed by atoms with Crippen LogP contribution in [0.3, 0.4) is 0 Å². The molecule has 124 valence electrons. The number of thioether (sulfide) groups is 1. The molecule has 0 bridgehead atoms. The summed E-state index contributed by atoms with van der Waals surface area (Å²) in [6.45, 7) is 4.29. The summed E-state index contributed by atoms with van der Waals surface area (Å²) < 4.78 is 29.6. The number of amides is 1. The van der Waals surface area contributed by atoms with Crippen molar-refractivity contribution in [2.45, 2.75) is 63.0 Å². The van der Waals surface area contributed by atoms with Gasteiger partial charge in [0.05, 0.1) is 18.9 Å². The van der Waals surface area contributed by atoms with Crippen molar-refractivity contribution in [3.63, 3.8) is 0 Å². The highest BCUT2D eigenvalue weighted by Crippen LogP contribution is 2.42. The number of ether oxygens (including phenoxy) is 5. The number of rotatable bonds is 4. The molecule has 4 rings (SSSR count). The van der Waals surface area contributed by atoms with Crippen LogP contribution in [0.4, 0.5) is 0 Å². The number of carbonyl (C=O) groups excluding carboxylic acids is 1. The Bertz CT molecular complexity index is 474. The molecule has 4 fully saturated rings. The maximum atomic E-state index is 11.5. The van der Waals surface area contributed by atoms with Gasteiger partial charge in [-0.15, -0.1) is 11.8 Å². The Morgan fingerprint density at radius 3 is 2.82 bits per heavy atom. The Balaban J connectivity index is 1.48. The standard InChI is InChI=1S/C14H21NO6S/c1-14(2)20-12-11(17-6-22-3)10(19-13(12)21-14)7-5-15-8(16)4-9(15)18-7/h7,9-13H,4-6H2,1-3H3/t7-,9+,10-,11-,12-,13-/m1/s1. The molecular formula is C14H21NO6S. The minimum atomic E-state index is -0.670. The monoisotopic (exact) mass is 331 g/mol. The van der Waals surface area contributed by atoms with E-state index in [1.165, 1.54) is 0 Å². The molecule has 4 aliphatic heterocycles. The molecule has 1 amide bonds. The summed E-state index contributed by atoms with van der Waals surface area (Å²) in [7, 11) is 0. The lowest BCUT2D eigenvalue weighted by atomic mass is 10.1. The largest absolute Gasteiger partial charge is 0.362 e. The van der Waals surface area contributed by atoms with Crippen LogP contribution >= 0.6 is 11.8 Å². The van der Waals surface area contributed by atoms with E-state index in [4.69, 9.17) is 23.7 Å². The first-order chi connectivity index (χ1) is 10.5. The third-order valence-corrected chi connectivity index (χ3v) is 4.87. The molecular weight excluding hydrogens is 310 g/mol. The molecule has 7 nitrogen and oxygen atoms in total. The molecule has 0 radical (unpaired) electrons. The zero-order chi connectivity index (χ0) is 15.5. The SMILES string of the molecule is CSCO[C@H]1[C@H]2OC(C)(C)O[C@H]2O[C@@H]1[C@H]1CN2C(=O)C[C@@H]2O1. The Morgan fingerprint density at radius 2 is 2.14 bits per heavy atom. The highest BCUT2D eigenvalue weighted by Gasteiger charge is 2.60. The quantitative estimate of drug-likeness (QED) is 0.550. The highest BCUT2D eigenvalue weighted by atomic mass is 32.2. The molecule has 22 heavy (non-hydrogen) atoms. The van der Waals surface area contributed by atoms with E-state index in [0.717, 1.165) is 0 Å². The van der Waals surface area contributed by atoms with Crippen LogP contribution < -0.4 is 0 Å². The van der Waals surface area contributed by atoms with E-state index < -0.39 is 12.1 Å². The van der Waals surface area contributed by atoms with E-state index in [1.807, 2.05) is 20.1 Å². The van der Waals surface area contributed by atoms with Crippen LogP contribution in [0.25, 0.3) is 0 Å². The van der Waals surface area contributed by atoms with Crippen molar-refractivity contribution < 1.29 is 28.5 Å². The number of carbonyl (C=O) groups is 1.